The van der Waals surface area contributed by atoms with Crippen LogP contribution in [0.15, 0.2) is 35.3 Å². The van der Waals surface area contributed by atoms with Crippen LogP contribution in [0.25, 0.3) is 5.69 Å². The van der Waals surface area contributed by atoms with Crippen LogP contribution in [0.1, 0.15) is 5.56 Å². The summed E-state index contributed by atoms with van der Waals surface area (Å²) in [4.78, 5) is 11.4. The van der Waals surface area contributed by atoms with Gasteiger partial charge >= 0.3 is 0 Å². The van der Waals surface area contributed by atoms with E-state index in [9.17, 15) is 4.79 Å². The maximum Gasteiger partial charge on any atom is 0.271 e. The Morgan fingerprint density at radius 1 is 1.36 bits per heavy atom. The maximum absolute atomic E-state index is 11.4. The molecule has 2 aromatic rings. The van der Waals surface area contributed by atoms with Crippen LogP contribution in [0, 0.1) is 6.92 Å². The van der Waals surface area contributed by atoms with Crippen LogP contribution < -0.4 is 5.56 Å². The van der Waals surface area contributed by atoms with Crippen molar-refractivity contribution in [2.75, 3.05) is 0 Å². The van der Waals surface area contributed by atoms with E-state index in [1.165, 1.54) is 10.7 Å². The van der Waals surface area contributed by atoms with Gasteiger partial charge in [0.2, 0.25) is 0 Å². The minimum absolute atomic E-state index is 0.113. The normalized spacial score (nSPS) is 10.4. The van der Waals surface area contributed by atoms with Gasteiger partial charge in [0.25, 0.3) is 5.56 Å². The second-order valence-electron chi connectivity index (χ2n) is 3.09. The smallest absolute Gasteiger partial charge is 0.271 e. The maximum atomic E-state index is 11.4. The quantitative estimate of drug-likeness (QED) is 0.766. The molecule has 1 aromatic carbocycles. The molecule has 1 N–H and O–H groups in total. The SMILES string of the molecule is Cc1ccc(Cl)c(-n2[nH]ccc2=O)c1. The third-order valence-electron chi connectivity index (χ3n) is 1.99. The molecule has 3 nitrogen and oxygen atoms in total. The van der Waals surface area contributed by atoms with E-state index in [1.807, 2.05) is 19.1 Å². The van der Waals surface area contributed by atoms with Crippen molar-refractivity contribution in [3.05, 3.63) is 51.4 Å². The summed E-state index contributed by atoms with van der Waals surface area (Å²) in [5.74, 6) is 0. The van der Waals surface area contributed by atoms with Gasteiger partial charge < -0.3 is 0 Å². The molecule has 1 heterocycles. The van der Waals surface area contributed by atoms with Crippen molar-refractivity contribution in [1.29, 1.82) is 0 Å². The predicted octanol–water partition coefficient (Wildman–Crippen LogP) is 2.13. The fourth-order valence-electron chi connectivity index (χ4n) is 1.30. The third kappa shape index (κ3) is 1.46. The molecule has 0 fully saturated rings. The zero-order chi connectivity index (χ0) is 10.1. The highest BCUT2D eigenvalue weighted by Gasteiger charge is 2.04. The highest BCUT2D eigenvalue weighted by Crippen LogP contribution is 2.19. The Labute approximate surface area is 85.9 Å². The van der Waals surface area contributed by atoms with E-state index in [2.05, 4.69) is 5.10 Å². The van der Waals surface area contributed by atoms with E-state index in [-0.39, 0.29) is 5.56 Å². The highest BCUT2D eigenvalue weighted by molar-refractivity contribution is 6.32. The minimum Gasteiger partial charge on any atom is -0.298 e. The number of halogens is 1. The lowest BCUT2D eigenvalue weighted by molar-refractivity contribution is 0.848. The monoisotopic (exact) mass is 208 g/mol. The van der Waals surface area contributed by atoms with Gasteiger partial charge in [0.1, 0.15) is 0 Å². The van der Waals surface area contributed by atoms with E-state index in [1.54, 1.807) is 12.3 Å². The second kappa shape index (κ2) is 3.35. The first-order chi connectivity index (χ1) is 6.68. The lowest BCUT2D eigenvalue weighted by Crippen LogP contribution is -2.13. The molecular weight excluding hydrogens is 200 g/mol. The predicted molar refractivity (Wildman–Crippen MR) is 56.1 cm³/mol. The molecule has 0 spiro atoms. The lowest BCUT2D eigenvalue weighted by atomic mass is 10.2. The zero-order valence-corrected chi connectivity index (χ0v) is 8.38. The Morgan fingerprint density at radius 2 is 2.14 bits per heavy atom. The number of nitrogens with one attached hydrogen (secondary N) is 1. The summed E-state index contributed by atoms with van der Waals surface area (Å²) in [6.07, 6.45) is 1.58. The fourth-order valence-corrected chi connectivity index (χ4v) is 1.51. The number of aromatic nitrogens is 2. The minimum atomic E-state index is -0.113. The van der Waals surface area contributed by atoms with Crippen molar-refractivity contribution in [3.8, 4) is 5.69 Å². The molecular formula is C10H9ClN2O. The van der Waals surface area contributed by atoms with Crippen LogP contribution in [0.5, 0.6) is 0 Å². The van der Waals surface area contributed by atoms with Gasteiger partial charge in [-0.25, -0.2) is 4.68 Å². The van der Waals surface area contributed by atoms with Gasteiger partial charge in [0, 0.05) is 12.3 Å². The summed E-state index contributed by atoms with van der Waals surface area (Å²) < 4.78 is 1.41. The molecule has 0 aliphatic rings. The molecule has 72 valence electrons. The molecule has 0 saturated carbocycles. The number of rotatable bonds is 1. The van der Waals surface area contributed by atoms with Crippen molar-refractivity contribution in [3.63, 3.8) is 0 Å². The summed E-state index contributed by atoms with van der Waals surface area (Å²) in [5.41, 5.74) is 1.63. The summed E-state index contributed by atoms with van der Waals surface area (Å²) in [7, 11) is 0. The fraction of sp³-hybridized carbons (Fsp3) is 0.100. The van der Waals surface area contributed by atoms with Crippen LogP contribution in [0.4, 0.5) is 0 Å². The van der Waals surface area contributed by atoms with E-state index >= 15 is 0 Å². The standard InChI is InChI=1S/C10H9ClN2O/c1-7-2-3-8(11)9(6-7)13-10(14)4-5-12-13/h2-6,12H,1H3. The summed E-state index contributed by atoms with van der Waals surface area (Å²) in [6.45, 7) is 1.95. The van der Waals surface area contributed by atoms with Crippen LogP contribution in [0.2, 0.25) is 5.02 Å². The van der Waals surface area contributed by atoms with Gasteiger partial charge in [-0.05, 0) is 24.6 Å². The summed E-state index contributed by atoms with van der Waals surface area (Å²) in [5, 5.41) is 3.37. The Balaban J connectivity index is 2.68. The van der Waals surface area contributed by atoms with Gasteiger partial charge in [-0.1, -0.05) is 17.7 Å². The Hall–Kier alpha value is -1.48. The van der Waals surface area contributed by atoms with E-state index < -0.39 is 0 Å². The first-order valence-electron chi connectivity index (χ1n) is 4.21. The summed E-state index contributed by atoms with van der Waals surface area (Å²) in [6, 6.07) is 7.00. The van der Waals surface area contributed by atoms with Crippen LogP contribution in [-0.2, 0) is 0 Å². The lowest BCUT2D eigenvalue weighted by Gasteiger charge is -2.04. The topological polar surface area (TPSA) is 37.8 Å². The molecule has 14 heavy (non-hydrogen) atoms. The molecule has 0 radical (unpaired) electrons. The van der Waals surface area contributed by atoms with Crippen molar-refractivity contribution >= 4 is 11.6 Å². The molecule has 0 amide bonds. The highest BCUT2D eigenvalue weighted by atomic mass is 35.5. The molecule has 0 unspecified atom stereocenters. The third-order valence-corrected chi connectivity index (χ3v) is 2.31. The number of benzene rings is 1. The Kier molecular flexibility index (Phi) is 2.17. The molecule has 2 rings (SSSR count). The Morgan fingerprint density at radius 3 is 2.79 bits per heavy atom. The molecule has 0 atom stereocenters. The number of nitrogens with zero attached hydrogens (tertiary/aromatic N) is 1. The average Bonchev–Trinajstić information content (AvgIpc) is 2.56. The van der Waals surface area contributed by atoms with Gasteiger partial charge in [-0.15, -0.1) is 0 Å². The Bertz CT molecular complexity index is 513. The second-order valence-corrected chi connectivity index (χ2v) is 3.50. The number of hydrogen-bond donors (Lipinski definition) is 1. The van der Waals surface area contributed by atoms with Crippen molar-refractivity contribution in [2.24, 2.45) is 0 Å². The first-order valence-corrected chi connectivity index (χ1v) is 4.59. The van der Waals surface area contributed by atoms with Crippen molar-refractivity contribution in [2.45, 2.75) is 6.92 Å². The molecule has 1 aromatic heterocycles. The molecule has 0 aliphatic carbocycles. The van der Waals surface area contributed by atoms with Crippen LogP contribution >= 0.6 is 11.6 Å². The van der Waals surface area contributed by atoms with Crippen molar-refractivity contribution < 1.29 is 0 Å². The van der Waals surface area contributed by atoms with Gasteiger partial charge in [0.05, 0.1) is 10.7 Å². The summed E-state index contributed by atoms with van der Waals surface area (Å²) >= 11 is 5.98. The number of hydrogen-bond acceptors (Lipinski definition) is 1. The molecule has 4 heteroatoms. The zero-order valence-electron chi connectivity index (χ0n) is 7.62. The molecule has 0 saturated heterocycles. The van der Waals surface area contributed by atoms with Gasteiger partial charge in [-0.2, -0.15) is 0 Å². The molecule has 0 bridgehead atoms. The largest absolute Gasteiger partial charge is 0.298 e. The van der Waals surface area contributed by atoms with Crippen molar-refractivity contribution in [1.82, 2.24) is 9.78 Å². The number of H-pyrrole nitrogens is 1. The van der Waals surface area contributed by atoms with Crippen LogP contribution in [-0.4, -0.2) is 9.78 Å². The van der Waals surface area contributed by atoms with Gasteiger partial charge in [0.15, 0.2) is 0 Å². The first kappa shape index (κ1) is 9.09. The number of aryl methyl sites for hydroxylation is 1. The van der Waals surface area contributed by atoms with E-state index in [0.717, 1.165) is 5.56 Å². The van der Waals surface area contributed by atoms with Gasteiger partial charge in [-0.3, -0.25) is 9.89 Å². The van der Waals surface area contributed by atoms with Crippen LogP contribution in [0.3, 0.4) is 0 Å². The average molecular weight is 209 g/mol. The van der Waals surface area contributed by atoms with E-state index in [4.69, 9.17) is 11.6 Å². The number of aromatic amines is 1. The molecule has 0 aliphatic heterocycles. The van der Waals surface area contributed by atoms with E-state index in [0.29, 0.717) is 10.7 Å².